The fourth-order valence-electron chi connectivity index (χ4n) is 1.85. The zero-order chi connectivity index (χ0) is 15.3. The molecule has 0 aromatic carbocycles. The maximum Gasteiger partial charge on any atom is 0.202 e. The molecule has 0 saturated heterocycles. The average molecular weight is 306 g/mol. The first-order chi connectivity index (χ1) is 9.99. The predicted octanol–water partition coefficient (Wildman–Crippen LogP) is 2.49. The van der Waals surface area contributed by atoms with E-state index >= 15 is 0 Å². The van der Waals surface area contributed by atoms with Crippen LogP contribution in [0.5, 0.6) is 0 Å². The van der Waals surface area contributed by atoms with Gasteiger partial charge in [-0.2, -0.15) is 4.37 Å². The summed E-state index contributed by atoms with van der Waals surface area (Å²) in [5.74, 6) is 0.960. The maximum absolute atomic E-state index is 9.50. The minimum Gasteiger partial charge on any atom is -0.396 e. The van der Waals surface area contributed by atoms with Gasteiger partial charge in [-0.05, 0) is 18.6 Å². The summed E-state index contributed by atoms with van der Waals surface area (Å²) in [5, 5.41) is 13.6. The topological polar surface area (TPSA) is 70.9 Å². The van der Waals surface area contributed by atoms with Crippen molar-refractivity contribution < 1.29 is 5.11 Å². The lowest BCUT2D eigenvalue weighted by molar-refractivity contribution is 0.232. The van der Waals surface area contributed by atoms with E-state index in [4.69, 9.17) is 0 Å². The van der Waals surface area contributed by atoms with Crippen LogP contribution < -0.4 is 5.32 Å². The van der Waals surface area contributed by atoms with E-state index in [9.17, 15) is 5.11 Å². The van der Waals surface area contributed by atoms with Crippen molar-refractivity contribution in [3.05, 3.63) is 35.9 Å². The van der Waals surface area contributed by atoms with Crippen LogP contribution in [0.1, 0.15) is 32.3 Å². The molecule has 0 radical (unpaired) electrons. The van der Waals surface area contributed by atoms with Gasteiger partial charge < -0.3 is 10.4 Å². The van der Waals surface area contributed by atoms with Crippen molar-refractivity contribution in [2.24, 2.45) is 5.92 Å². The van der Waals surface area contributed by atoms with Crippen LogP contribution in [0.15, 0.2) is 24.4 Å². The first kappa shape index (κ1) is 15.9. The Hall–Kier alpha value is -1.53. The molecule has 114 valence electrons. The molecular formula is C15H22N4OS. The number of nitrogens with zero attached hydrogens (tertiary/aromatic N) is 3. The molecule has 1 atom stereocenters. The second-order valence-electron chi connectivity index (χ2n) is 6.13. The van der Waals surface area contributed by atoms with Crippen molar-refractivity contribution in [2.75, 3.05) is 18.5 Å². The first-order valence-electron chi connectivity index (χ1n) is 7.08. The third-order valence-corrected chi connectivity index (χ3v) is 3.79. The summed E-state index contributed by atoms with van der Waals surface area (Å²) >= 11 is 1.37. The summed E-state index contributed by atoms with van der Waals surface area (Å²) in [5.41, 5.74) is 0.951. The molecule has 0 aliphatic carbocycles. The highest BCUT2D eigenvalue weighted by Crippen LogP contribution is 2.23. The number of hydrogen-bond donors (Lipinski definition) is 2. The Kier molecular flexibility index (Phi) is 5.25. The van der Waals surface area contributed by atoms with Crippen LogP contribution in [-0.4, -0.2) is 32.6 Å². The predicted molar refractivity (Wildman–Crippen MR) is 85.6 cm³/mol. The Bertz CT molecular complexity index is 550. The summed E-state index contributed by atoms with van der Waals surface area (Å²) in [4.78, 5) is 8.79. The number of nitrogens with one attached hydrogen (secondary N) is 1. The number of aliphatic hydroxyl groups excluding tert-OH is 1. The Balaban J connectivity index is 1.90. The summed E-state index contributed by atoms with van der Waals surface area (Å²) in [7, 11) is 0. The average Bonchev–Trinajstić information content (AvgIpc) is 2.93. The van der Waals surface area contributed by atoms with Crippen molar-refractivity contribution in [1.82, 2.24) is 14.3 Å². The monoisotopic (exact) mass is 306 g/mol. The van der Waals surface area contributed by atoms with Gasteiger partial charge in [-0.1, -0.05) is 26.8 Å². The standard InChI is InChI=1S/C15H22N4OS/c1-15(2,3)13-18-14(21-19-13)17-9-11(10-20)8-12-6-4-5-7-16-12/h4-7,11,20H,8-10H2,1-3H3,(H,17,18,19). The van der Waals surface area contributed by atoms with E-state index in [0.717, 1.165) is 23.1 Å². The summed E-state index contributed by atoms with van der Waals surface area (Å²) in [6.07, 6.45) is 2.52. The van der Waals surface area contributed by atoms with Crippen LogP contribution in [0.25, 0.3) is 0 Å². The molecule has 2 aromatic heterocycles. The fourth-order valence-corrected chi connectivity index (χ4v) is 2.61. The molecule has 0 aliphatic rings. The molecule has 2 aromatic rings. The van der Waals surface area contributed by atoms with Gasteiger partial charge in [-0.25, -0.2) is 4.98 Å². The molecule has 0 aliphatic heterocycles. The Morgan fingerprint density at radius 1 is 1.33 bits per heavy atom. The minimum atomic E-state index is -0.0409. The third-order valence-electron chi connectivity index (χ3n) is 3.12. The largest absolute Gasteiger partial charge is 0.396 e. The van der Waals surface area contributed by atoms with Crippen LogP contribution in [0.2, 0.25) is 0 Å². The Labute approximate surface area is 129 Å². The van der Waals surface area contributed by atoms with Gasteiger partial charge in [0, 0.05) is 47.9 Å². The molecule has 0 saturated carbocycles. The number of rotatable bonds is 6. The van der Waals surface area contributed by atoms with E-state index in [0.29, 0.717) is 6.54 Å². The van der Waals surface area contributed by atoms with E-state index in [2.05, 4.69) is 40.4 Å². The molecular weight excluding hydrogens is 284 g/mol. The van der Waals surface area contributed by atoms with Gasteiger partial charge in [0.1, 0.15) is 5.82 Å². The normalized spacial score (nSPS) is 13.1. The smallest absolute Gasteiger partial charge is 0.202 e. The van der Waals surface area contributed by atoms with E-state index in [1.807, 2.05) is 18.2 Å². The number of aliphatic hydroxyl groups is 1. The van der Waals surface area contributed by atoms with Crippen molar-refractivity contribution in [1.29, 1.82) is 0 Å². The van der Waals surface area contributed by atoms with E-state index in [1.54, 1.807) is 6.20 Å². The van der Waals surface area contributed by atoms with Crippen molar-refractivity contribution in [3.8, 4) is 0 Å². The second-order valence-corrected chi connectivity index (χ2v) is 6.88. The lowest BCUT2D eigenvalue weighted by Gasteiger charge is -2.14. The van der Waals surface area contributed by atoms with Gasteiger partial charge in [-0.3, -0.25) is 4.98 Å². The van der Waals surface area contributed by atoms with E-state index < -0.39 is 0 Å². The fraction of sp³-hybridized carbons (Fsp3) is 0.533. The van der Waals surface area contributed by atoms with Crippen LogP contribution in [0, 0.1) is 5.92 Å². The molecule has 2 heterocycles. The number of hydrogen-bond acceptors (Lipinski definition) is 6. The zero-order valence-corrected chi connectivity index (χ0v) is 13.5. The van der Waals surface area contributed by atoms with E-state index in [1.165, 1.54) is 11.5 Å². The Morgan fingerprint density at radius 2 is 2.14 bits per heavy atom. The van der Waals surface area contributed by atoms with Crippen LogP contribution in [0.4, 0.5) is 5.13 Å². The van der Waals surface area contributed by atoms with E-state index in [-0.39, 0.29) is 17.9 Å². The molecule has 2 N–H and O–H groups in total. The SMILES string of the molecule is CC(C)(C)c1nsc(NCC(CO)Cc2ccccn2)n1. The molecule has 0 amide bonds. The highest BCUT2D eigenvalue weighted by atomic mass is 32.1. The summed E-state index contributed by atoms with van der Waals surface area (Å²) in [6, 6.07) is 5.83. The Morgan fingerprint density at radius 3 is 2.71 bits per heavy atom. The van der Waals surface area contributed by atoms with Crippen LogP contribution in [0.3, 0.4) is 0 Å². The van der Waals surface area contributed by atoms with Gasteiger partial charge in [-0.15, -0.1) is 0 Å². The summed E-state index contributed by atoms with van der Waals surface area (Å²) < 4.78 is 4.37. The van der Waals surface area contributed by atoms with Crippen molar-refractivity contribution >= 4 is 16.7 Å². The molecule has 1 unspecified atom stereocenters. The molecule has 5 nitrogen and oxygen atoms in total. The molecule has 0 fully saturated rings. The number of aromatic nitrogens is 3. The minimum absolute atomic E-state index is 0.0409. The van der Waals surface area contributed by atoms with Gasteiger partial charge in [0.05, 0.1) is 0 Å². The first-order valence-corrected chi connectivity index (χ1v) is 7.85. The second kappa shape index (κ2) is 6.95. The van der Waals surface area contributed by atoms with Crippen LogP contribution in [-0.2, 0) is 11.8 Å². The molecule has 0 spiro atoms. The highest BCUT2D eigenvalue weighted by molar-refractivity contribution is 7.09. The molecule has 21 heavy (non-hydrogen) atoms. The van der Waals surface area contributed by atoms with Crippen molar-refractivity contribution in [3.63, 3.8) is 0 Å². The van der Waals surface area contributed by atoms with Crippen LogP contribution >= 0.6 is 11.5 Å². The van der Waals surface area contributed by atoms with Gasteiger partial charge >= 0.3 is 0 Å². The zero-order valence-electron chi connectivity index (χ0n) is 12.7. The van der Waals surface area contributed by atoms with Gasteiger partial charge in [0.15, 0.2) is 0 Å². The highest BCUT2D eigenvalue weighted by Gasteiger charge is 2.19. The number of anilines is 1. The quantitative estimate of drug-likeness (QED) is 0.858. The molecule has 6 heteroatoms. The molecule has 2 rings (SSSR count). The van der Waals surface area contributed by atoms with Gasteiger partial charge in [0.2, 0.25) is 5.13 Å². The lowest BCUT2D eigenvalue weighted by Crippen LogP contribution is -2.21. The molecule has 0 bridgehead atoms. The third kappa shape index (κ3) is 4.75. The number of pyridine rings is 1. The maximum atomic E-state index is 9.50. The summed E-state index contributed by atoms with van der Waals surface area (Å²) in [6.45, 7) is 7.06. The van der Waals surface area contributed by atoms with Crippen molar-refractivity contribution in [2.45, 2.75) is 32.6 Å². The van der Waals surface area contributed by atoms with Gasteiger partial charge in [0.25, 0.3) is 0 Å². The lowest BCUT2D eigenvalue weighted by atomic mass is 9.96.